The van der Waals surface area contributed by atoms with Crippen LogP contribution in [0.3, 0.4) is 0 Å². The van der Waals surface area contributed by atoms with Crippen molar-refractivity contribution in [3.63, 3.8) is 0 Å². The Morgan fingerprint density at radius 2 is 2.00 bits per heavy atom. The van der Waals surface area contributed by atoms with Gasteiger partial charge >= 0.3 is 0 Å². The molecule has 1 N–H and O–H groups in total. The Balaban J connectivity index is 1.89. The van der Waals surface area contributed by atoms with E-state index in [1.54, 1.807) is 0 Å². The van der Waals surface area contributed by atoms with Crippen LogP contribution in [0.25, 0.3) is 0 Å². The summed E-state index contributed by atoms with van der Waals surface area (Å²) in [5.41, 5.74) is 0.747. The minimum atomic E-state index is -0.304. The topological polar surface area (TPSA) is 45.2 Å². The van der Waals surface area contributed by atoms with Crippen molar-refractivity contribution in [3.05, 3.63) is 23.9 Å². The molecule has 2 rings (SSSR count). The Morgan fingerprint density at radius 3 is 2.57 bits per heavy atom. The van der Waals surface area contributed by atoms with Crippen molar-refractivity contribution in [2.24, 2.45) is 5.41 Å². The van der Waals surface area contributed by atoms with Crippen LogP contribution in [-0.4, -0.2) is 24.0 Å². The van der Waals surface area contributed by atoms with E-state index in [0.29, 0.717) is 6.54 Å². The fraction of sp³-hybridized carbons (Fsp3) is 0.647. The summed E-state index contributed by atoms with van der Waals surface area (Å²) < 4.78 is 0. The van der Waals surface area contributed by atoms with Crippen molar-refractivity contribution >= 4 is 11.7 Å². The molecule has 4 heteroatoms. The van der Waals surface area contributed by atoms with Gasteiger partial charge in [-0.3, -0.25) is 4.79 Å². The maximum absolute atomic E-state index is 12.0. The maximum atomic E-state index is 12.0. The molecule has 0 unspecified atom stereocenters. The van der Waals surface area contributed by atoms with E-state index >= 15 is 0 Å². The minimum Gasteiger partial charge on any atom is -0.357 e. The van der Waals surface area contributed by atoms with Gasteiger partial charge in [0.2, 0.25) is 5.91 Å². The molecule has 0 spiro atoms. The van der Waals surface area contributed by atoms with Gasteiger partial charge in [-0.05, 0) is 37.3 Å². The minimum absolute atomic E-state index is 0.102. The van der Waals surface area contributed by atoms with Crippen molar-refractivity contribution in [2.45, 2.75) is 53.0 Å². The van der Waals surface area contributed by atoms with Crippen molar-refractivity contribution < 1.29 is 4.79 Å². The SMILES string of the molecule is CCC(C)(C)C(=O)NCc1ccc(N2CCCCC2)nc1. The van der Waals surface area contributed by atoms with Gasteiger partial charge < -0.3 is 10.2 Å². The summed E-state index contributed by atoms with van der Waals surface area (Å²) in [6.45, 7) is 8.74. The van der Waals surface area contributed by atoms with Crippen LogP contribution in [-0.2, 0) is 11.3 Å². The first-order chi connectivity index (χ1) is 10.0. The number of amides is 1. The van der Waals surface area contributed by atoms with E-state index in [2.05, 4.69) is 27.3 Å². The molecule has 0 aliphatic carbocycles. The smallest absolute Gasteiger partial charge is 0.225 e. The molecule has 0 atom stereocenters. The molecule has 0 aromatic carbocycles. The van der Waals surface area contributed by atoms with Crippen LogP contribution in [0.2, 0.25) is 0 Å². The Morgan fingerprint density at radius 1 is 1.29 bits per heavy atom. The summed E-state index contributed by atoms with van der Waals surface area (Å²) in [5.74, 6) is 1.16. The first-order valence-electron chi connectivity index (χ1n) is 8.01. The second kappa shape index (κ2) is 6.92. The average molecular weight is 289 g/mol. The van der Waals surface area contributed by atoms with Crippen LogP contribution in [0, 0.1) is 5.41 Å². The third-order valence-electron chi connectivity index (χ3n) is 4.44. The summed E-state index contributed by atoms with van der Waals surface area (Å²) in [6.07, 6.45) is 6.55. The number of pyridine rings is 1. The lowest BCUT2D eigenvalue weighted by Crippen LogP contribution is -2.36. The highest BCUT2D eigenvalue weighted by Crippen LogP contribution is 2.20. The van der Waals surface area contributed by atoms with E-state index < -0.39 is 0 Å². The monoisotopic (exact) mass is 289 g/mol. The standard InChI is InChI=1S/C17H27N3O/c1-4-17(2,3)16(21)19-13-14-8-9-15(18-12-14)20-10-6-5-7-11-20/h8-9,12H,4-7,10-11,13H2,1-3H3,(H,19,21). The van der Waals surface area contributed by atoms with Gasteiger partial charge in [0.05, 0.1) is 0 Å². The first kappa shape index (κ1) is 15.8. The lowest BCUT2D eigenvalue weighted by Gasteiger charge is -2.27. The van der Waals surface area contributed by atoms with E-state index in [9.17, 15) is 4.79 Å². The molecule has 1 amide bonds. The number of carbonyl (C=O) groups excluding carboxylic acids is 1. The van der Waals surface area contributed by atoms with Gasteiger partial charge in [-0.15, -0.1) is 0 Å². The van der Waals surface area contributed by atoms with Crippen LogP contribution in [0.4, 0.5) is 5.82 Å². The van der Waals surface area contributed by atoms with E-state index in [1.165, 1.54) is 19.3 Å². The second-order valence-corrected chi connectivity index (χ2v) is 6.49. The fourth-order valence-corrected chi connectivity index (χ4v) is 2.41. The number of nitrogens with one attached hydrogen (secondary N) is 1. The Hall–Kier alpha value is -1.58. The Bertz CT molecular complexity index is 461. The van der Waals surface area contributed by atoms with Crippen molar-refractivity contribution in [1.82, 2.24) is 10.3 Å². The molecule has 1 aliphatic heterocycles. The normalized spacial score (nSPS) is 15.9. The molecule has 1 aliphatic rings. The number of nitrogens with zero attached hydrogens (tertiary/aromatic N) is 2. The summed E-state index contributed by atoms with van der Waals surface area (Å²) >= 11 is 0. The maximum Gasteiger partial charge on any atom is 0.225 e. The van der Waals surface area contributed by atoms with Crippen molar-refractivity contribution in [2.75, 3.05) is 18.0 Å². The highest BCUT2D eigenvalue weighted by molar-refractivity contribution is 5.81. The van der Waals surface area contributed by atoms with Gasteiger partial charge in [-0.1, -0.05) is 26.8 Å². The molecule has 0 bridgehead atoms. The van der Waals surface area contributed by atoms with E-state index in [1.807, 2.05) is 27.0 Å². The third-order valence-corrected chi connectivity index (χ3v) is 4.44. The quantitative estimate of drug-likeness (QED) is 0.906. The van der Waals surface area contributed by atoms with Crippen LogP contribution < -0.4 is 10.2 Å². The van der Waals surface area contributed by atoms with Crippen LogP contribution in [0.5, 0.6) is 0 Å². The van der Waals surface area contributed by atoms with Crippen LogP contribution in [0.1, 0.15) is 52.0 Å². The molecular weight excluding hydrogens is 262 g/mol. The fourth-order valence-electron chi connectivity index (χ4n) is 2.41. The first-order valence-corrected chi connectivity index (χ1v) is 8.01. The van der Waals surface area contributed by atoms with Gasteiger partial charge in [-0.2, -0.15) is 0 Å². The molecule has 1 fully saturated rings. The van der Waals surface area contributed by atoms with Gasteiger partial charge in [0.25, 0.3) is 0 Å². The van der Waals surface area contributed by atoms with Gasteiger partial charge in [0, 0.05) is 31.2 Å². The second-order valence-electron chi connectivity index (χ2n) is 6.49. The molecule has 1 saturated heterocycles. The summed E-state index contributed by atoms with van der Waals surface area (Å²) in [5, 5.41) is 3.00. The Labute approximate surface area is 127 Å². The number of hydrogen-bond donors (Lipinski definition) is 1. The average Bonchev–Trinajstić information content (AvgIpc) is 2.54. The molecule has 1 aromatic rings. The number of hydrogen-bond acceptors (Lipinski definition) is 3. The molecule has 0 saturated carbocycles. The van der Waals surface area contributed by atoms with Gasteiger partial charge in [-0.25, -0.2) is 4.98 Å². The predicted octanol–water partition coefficient (Wildman–Crippen LogP) is 3.12. The number of carbonyl (C=O) groups is 1. The predicted molar refractivity (Wildman–Crippen MR) is 86.2 cm³/mol. The number of anilines is 1. The van der Waals surface area contributed by atoms with Gasteiger partial charge in [0.15, 0.2) is 0 Å². The number of aromatic nitrogens is 1. The van der Waals surface area contributed by atoms with Crippen molar-refractivity contribution in [3.8, 4) is 0 Å². The van der Waals surface area contributed by atoms with Crippen molar-refractivity contribution in [1.29, 1.82) is 0 Å². The lowest BCUT2D eigenvalue weighted by molar-refractivity contribution is -0.129. The molecule has 21 heavy (non-hydrogen) atoms. The molecule has 4 nitrogen and oxygen atoms in total. The van der Waals surface area contributed by atoms with E-state index in [-0.39, 0.29) is 11.3 Å². The largest absolute Gasteiger partial charge is 0.357 e. The third kappa shape index (κ3) is 4.19. The van der Waals surface area contributed by atoms with E-state index in [0.717, 1.165) is 30.9 Å². The number of rotatable bonds is 5. The van der Waals surface area contributed by atoms with Crippen LogP contribution in [0.15, 0.2) is 18.3 Å². The zero-order valence-electron chi connectivity index (χ0n) is 13.5. The summed E-state index contributed by atoms with van der Waals surface area (Å²) in [7, 11) is 0. The Kier molecular flexibility index (Phi) is 5.21. The van der Waals surface area contributed by atoms with Gasteiger partial charge in [0.1, 0.15) is 5.82 Å². The molecule has 0 radical (unpaired) electrons. The lowest BCUT2D eigenvalue weighted by atomic mass is 9.89. The highest BCUT2D eigenvalue weighted by Gasteiger charge is 2.24. The number of piperidine rings is 1. The van der Waals surface area contributed by atoms with Crippen LogP contribution >= 0.6 is 0 Å². The molecule has 1 aromatic heterocycles. The van der Waals surface area contributed by atoms with E-state index in [4.69, 9.17) is 0 Å². The summed E-state index contributed by atoms with van der Waals surface area (Å²) in [4.78, 5) is 18.9. The zero-order valence-corrected chi connectivity index (χ0v) is 13.5. The zero-order chi connectivity index (χ0) is 15.3. The molecule has 116 valence electrons. The summed E-state index contributed by atoms with van der Waals surface area (Å²) in [6, 6.07) is 4.13. The highest BCUT2D eigenvalue weighted by atomic mass is 16.2. The molecular formula is C17H27N3O. The molecule has 2 heterocycles.